The minimum absolute atomic E-state index is 0.00989. The van der Waals surface area contributed by atoms with Crippen LogP contribution < -0.4 is 9.46 Å². The van der Waals surface area contributed by atoms with Gasteiger partial charge >= 0.3 is 0 Å². The van der Waals surface area contributed by atoms with Crippen LogP contribution in [-0.2, 0) is 10.0 Å². The summed E-state index contributed by atoms with van der Waals surface area (Å²) >= 11 is 6.14. The third kappa shape index (κ3) is 5.17. The van der Waals surface area contributed by atoms with Gasteiger partial charge in [-0.05, 0) is 37.0 Å². The first-order valence-electron chi connectivity index (χ1n) is 10.2. The third-order valence-electron chi connectivity index (χ3n) is 5.41. The Balaban J connectivity index is 1.49. The Hall–Kier alpha value is -2.98. The van der Waals surface area contributed by atoms with Crippen LogP contribution in [0.3, 0.4) is 0 Å². The van der Waals surface area contributed by atoms with Crippen molar-refractivity contribution >= 4 is 27.5 Å². The van der Waals surface area contributed by atoms with Crippen LogP contribution in [0.25, 0.3) is 5.69 Å². The van der Waals surface area contributed by atoms with Crippen molar-refractivity contribution in [2.45, 2.75) is 30.6 Å². The SMILES string of the molecule is O=C(NS(=O)(=O)c1cnn(-c2ccccc2F)c1)c1cc(Cl)c(OCC2CCCC2)cc1F. The number of rotatable bonds is 7. The average Bonchev–Trinajstić information content (AvgIpc) is 3.46. The number of hydrogen-bond acceptors (Lipinski definition) is 5. The molecule has 1 aliphatic rings. The lowest BCUT2D eigenvalue weighted by atomic mass is 10.1. The maximum Gasteiger partial charge on any atom is 0.268 e. The first-order valence-corrected chi connectivity index (χ1v) is 12.1. The molecule has 33 heavy (non-hydrogen) atoms. The second-order valence-corrected chi connectivity index (χ2v) is 9.82. The second-order valence-electron chi connectivity index (χ2n) is 7.73. The van der Waals surface area contributed by atoms with Gasteiger partial charge in [0.1, 0.15) is 28.0 Å². The molecule has 1 N–H and O–H groups in total. The van der Waals surface area contributed by atoms with E-state index in [1.54, 1.807) is 10.8 Å². The summed E-state index contributed by atoms with van der Waals surface area (Å²) in [5.41, 5.74) is -0.533. The smallest absolute Gasteiger partial charge is 0.268 e. The van der Waals surface area contributed by atoms with Gasteiger partial charge < -0.3 is 4.74 Å². The molecule has 174 valence electrons. The molecule has 1 saturated carbocycles. The third-order valence-corrected chi connectivity index (χ3v) is 6.99. The highest BCUT2D eigenvalue weighted by Crippen LogP contribution is 2.31. The van der Waals surface area contributed by atoms with Crippen molar-refractivity contribution in [3.05, 3.63) is 71.0 Å². The van der Waals surface area contributed by atoms with E-state index in [0.29, 0.717) is 12.5 Å². The van der Waals surface area contributed by atoms with Crippen molar-refractivity contribution in [3.63, 3.8) is 0 Å². The number of nitrogens with one attached hydrogen (secondary N) is 1. The number of amides is 1. The topological polar surface area (TPSA) is 90.3 Å². The summed E-state index contributed by atoms with van der Waals surface area (Å²) in [5, 5.41) is 3.81. The fourth-order valence-corrected chi connectivity index (χ4v) is 4.76. The lowest BCUT2D eigenvalue weighted by Crippen LogP contribution is -2.31. The summed E-state index contributed by atoms with van der Waals surface area (Å²) in [4.78, 5) is 12.1. The number of ether oxygens (including phenoxy) is 1. The maximum absolute atomic E-state index is 14.6. The van der Waals surface area contributed by atoms with Gasteiger partial charge in [-0.3, -0.25) is 4.79 Å². The monoisotopic (exact) mass is 495 g/mol. The molecule has 0 saturated heterocycles. The van der Waals surface area contributed by atoms with Crippen LogP contribution in [0.15, 0.2) is 53.7 Å². The van der Waals surface area contributed by atoms with E-state index < -0.39 is 38.0 Å². The van der Waals surface area contributed by atoms with Gasteiger partial charge in [0, 0.05) is 6.07 Å². The zero-order valence-corrected chi connectivity index (χ0v) is 18.9. The number of sulfonamides is 1. The Morgan fingerprint density at radius 3 is 2.64 bits per heavy atom. The highest BCUT2D eigenvalue weighted by Gasteiger charge is 2.25. The van der Waals surface area contributed by atoms with E-state index in [2.05, 4.69) is 5.10 Å². The number of halogens is 3. The molecule has 1 aliphatic carbocycles. The molecule has 0 bridgehead atoms. The molecule has 7 nitrogen and oxygen atoms in total. The van der Waals surface area contributed by atoms with E-state index in [1.165, 1.54) is 18.2 Å². The number of para-hydroxylation sites is 1. The normalized spacial score (nSPS) is 14.4. The van der Waals surface area contributed by atoms with Crippen LogP contribution in [0, 0.1) is 17.6 Å². The van der Waals surface area contributed by atoms with Gasteiger partial charge in [0.15, 0.2) is 0 Å². The van der Waals surface area contributed by atoms with Crippen LogP contribution in [0.4, 0.5) is 8.78 Å². The van der Waals surface area contributed by atoms with Gasteiger partial charge in [0.25, 0.3) is 15.9 Å². The molecule has 1 amide bonds. The van der Waals surface area contributed by atoms with Gasteiger partial charge in [-0.1, -0.05) is 36.6 Å². The molecular weight excluding hydrogens is 476 g/mol. The number of aromatic nitrogens is 2. The van der Waals surface area contributed by atoms with Crippen LogP contribution in [0.5, 0.6) is 5.75 Å². The van der Waals surface area contributed by atoms with Gasteiger partial charge in [-0.2, -0.15) is 5.10 Å². The van der Waals surface area contributed by atoms with Crippen molar-refractivity contribution in [1.82, 2.24) is 14.5 Å². The van der Waals surface area contributed by atoms with Gasteiger partial charge in [-0.15, -0.1) is 0 Å². The molecule has 1 aromatic heterocycles. The predicted molar refractivity (Wildman–Crippen MR) is 117 cm³/mol. The van der Waals surface area contributed by atoms with Crippen LogP contribution in [-0.4, -0.2) is 30.7 Å². The van der Waals surface area contributed by atoms with Crippen molar-refractivity contribution < 1.29 is 26.7 Å². The lowest BCUT2D eigenvalue weighted by Gasteiger charge is -2.14. The summed E-state index contributed by atoms with van der Waals surface area (Å²) in [5.74, 6) is -2.33. The van der Waals surface area contributed by atoms with Crippen molar-refractivity contribution in [1.29, 1.82) is 0 Å². The molecule has 3 aromatic rings. The molecule has 0 radical (unpaired) electrons. The largest absolute Gasteiger partial charge is 0.492 e. The Morgan fingerprint density at radius 2 is 1.91 bits per heavy atom. The summed E-state index contributed by atoms with van der Waals surface area (Å²) in [7, 11) is -4.42. The Morgan fingerprint density at radius 1 is 1.18 bits per heavy atom. The molecule has 1 fully saturated rings. The second kappa shape index (κ2) is 9.48. The predicted octanol–water partition coefficient (Wildman–Crippen LogP) is 4.49. The first kappa shape index (κ1) is 23.2. The van der Waals surface area contributed by atoms with E-state index in [9.17, 15) is 22.0 Å². The molecular formula is C22H20ClF2N3O4S. The number of carbonyl (C=O) groups is 1. The minimum Gasteiger partial charge on any atom is -0.492 e. The Bertz CT molecular complexity index is 1290. The van der Waals surface area contributed by atoms with Gasteiger partial charge in [0.2, 0.25) is 0 Å². The Labute approximate surface area is 194 Å². The van der Waals surface area contributed by atoms with E-state index >= 15 is 0 Å². The van der Waals surface area contributed by atoms with E-state index in [4.69, 9.17) is 16.3 Å². The van der Waals surface area contributed by atoms with E-state index in [0.717, 1.165) is 54.9 Å². The molecule has 2 aromatic carbocycles. The van der Waals surface area contributed by atoms with Crippen molar-refractivity contribution in [3.8, 4) is 11.4 Å². The zero-order chi connectivity index (χ0) is 23.6. The van der Waals surface area contributed by atoms with Crippen LogP contribution in [0.2, 0.25) is 5.02 Å². The highest BCUT2D eigenvalue weighted by molar-refractivity contribution is 7.90. The Kier molecular flexibility index (Phi) is 6.66. The molecule has 0 aliphatic heterocycles. The number of hydrogen-bond donors (Lipinski definition) is 1. The van der Waals surface area contributed by atoms with Crippen LogP contribution >= 0.6 is 11.6 Å². The van der Waals surface area contributed by atoms with Gasteiger partial charge in [0.05, 0.1) is 29.6 Å². The quantitative estimate of drug-likeness (QED) is 0.521. The fraction of sp³-hybridized carbons (Fsp3) is 0.273. The standard InChI is InChI=1S/C22H20ClF2N3O4S/c23-17-9-16(19(25)10-21(17)32-13-14-5-1-2-6-14)22(29)27-33(30,31)15-11-26-28(12-15)20-8-4-3-7-18(20)24/h3-4,7-12,14H,1-2,5-6,13H2,(H,27,29). The summed E-state index contributed by atoms with van der Waals surface area (Å²) in [6.45, 7) is 0.394. The molecule has 11 heteroatoms. The van der Waals surface area contributed by atoms with Crippen LogP contribution in [0.1, 0.15) is 36.0 Å². The van der Waals surface area contributed by atoms with E-state index in [-0.39, 0.29) is 16.5 Å². The summed E-state index contributed by atoms with van der Waals surface area (Å²) in [6.07, 6.45) is 6.31. The molecule has 0 spiro atoms. The van der Waals surface area contributed by atoms with Gasteiger partial charge in [-0.25, -0.2) is 26.6 Å². The fourth-order valence-electron chi connectivity index (χ4n) is 3.65. The van der Waals surface area contributed by atoms with E-state index in [1.807, 2.05) is 0 Å². The number of nitrogens with zero attached hydrogens (tertiary/aromatic N) is 2. The summed E-state index contributed by atoms with van der Waals surface area (Å²) < 4.78 is 62.1. The lowest BCUT2D eigenvalue weighted by molar-refractivity contribution is 0.0977. The highest BCUT2D eigenvalue weighted by atomic mass is 35.5. The number of benzene rings is 2. The zero-order valence-electron chi connectivity index (χ0n) is 17.3. The molecule has 1 heterocycles. The molecule has 4 rings (SSSR count). The summed E-state index contributed by atoms with van der Waals surface area (Å²) in [6, 6.07) is 7.63. The maximum atomic E-state index is 14.6. The van der Waals surface area contributed by atoms with Crippen molar-refractivity contribution in [2.24, 2.45) is 5.92 Å². The first-order chi connectivity index (χ1) is 15.7. The average molecular weight is 496 g/mol. The number of carbonyl (C=O) groups excluding carboxylic acids is 1. The molecule has 0 unspecified atom stereocenters. The minimum atomic E-state index is -4.42. The van der Waals surface area contributed by atoms with Crippen molar-refractivity contribution in [2.75, 3.05) is 6.61 Å². The molecule has 0 atom stereocenters.